The molecule has 100 valence electrons. The molecule has 0 atom stereocenters. The van der Waals surface area contributed by atoms with Gasteiger partial charge in [0.25, 0.3) is 0 Å². The topological polar surface area (TPSA) is 47.0 Å². The van der Waals surface area contributed by atoms with Gasteiger partial charge in [-0.15, -0.1) is 0 Å². The first-order valence-electron chi connectivity index (χ1n) is 6.57. The van der Waals surface area contributed by atoms with Crippen LogP contribution in [0, 0.1) is 6.92 Å². The van der Waals surface area contributed by atoms with Gasteiger partial charge >= 0.3 is 0 Å². The van der Waals surface area contributed by atoms with Crippen LogP contribution in [0.1, 0.15) is 25.2 Å². The van der Waals surface area contributed by atoms with Crippen LogP contribution < -0.4 is 10.1 Å². The first kappa shape index (κ1) is 13.3. The summed E-state index contributed by atoms with van der Waals surface area (Å²) in [4.78, 5) is 8.57. The van der Waals surface area contributed by atoms with Crippen molar-refractivity contribution >= 4 is 5.82 Å². The maximum absolute atomic E-state index is 5.75. The van der Waals surface area contributed by atoms with Gasteiger partial charge in [0.2, 0.25) is 5.88 Å². The molecule has 2 rings (SSSR count). The average Bonchev–Trinajstić information content (AvgIpc) is 2.39. The third kappa shape index (κ3) is 3.68. The molecule has 2 aromatic rings. The van der Waals surface area contributed by atoms with Crippen LogP contribution in [0.2, 0.25) is 0 Å². The number of ether oxygens (including phenoxy) is 1. The molecule has 0 radical (unpaired) electrons. The predicted octanol–water partition coefficient (Wildman–Crippen LogP) is 3.57. The highest BCUT2D eigenvalue weighted by atomic mass is 16.5. The van der Waals surface area contributed by atoms with Crippen LogP contribution in [0.15, 0.2) is 30.3 Å². The molecule has 1 heterocycles. The number of aryl methyl sites for hydroxylation is 2. The molecule has 19 heavy (non-hydrogen) atoms. The van der Waals surface area contributed by atoms with Gasteiger partial charge in [-0.1, -0.05) is 19.1 Å². The van der Waals surface area contributed by atoms with Crippen molar-refractivity contribution in [3.8, 4) is 11.6 Å². The molecular formula is C15H19N3O. The molecule has 0 saturated heterocycles. The van der Waals surface area contributed by atoms with Crippen molar-refractivity contribution in [1.82, 2.24) is 9.97 Å². The van der Waals surface area contributed by atoms with E-state index in [1.54, 1.807) is 0 Å². The van der Waals surface area contributed by atoms with E-state index >= 15 is 0 Å². The Balaban J connectivity index is 2.17. The van der Waals surface area contributed by atoms with Gasteiger partial charge in [-0.25, -0.2) is 4.98 Å². The van der Waals surface area contributed by atoms with Crippen LogP contribution in [-0.4, -0.2) is 16.5 Å². The van der Waals surface area contributed by atoms with Gasteiger partial charge in [-0.2, -0.15) is 4.98 Å². The van der Waals surface area contributed by atoms with Crippen LogP contribution in [0.3, 0.4) is 0 Å². The summed E-state index contributed by atoms with van der Waals surface area (Å²) in [6.07, 6.45) is 1.03. The summed E-state index contributed by atoms with van der Waals surface area (Å²) in [7, 11) is 0. The fourth-order valence-corrected chi connectivity index (χ4v) is 1.78. The van der Waals surface area contributed by atoms with E-state index in [9.17, 15) is 0 Å². The second-order valence-corrected chi connectivity index (χ2v) is 4.27. The number of aromatic nitrogens is 2. The molecule has 1 N–H and O–H groups in total. The zero-order chi connectivity index (χ0) is 13.7. The van der Waals surface area contributed by atoms with Gasteiger partial charge < -0.3 is 10.1 Å². The first-order valence-corrected chi connectivity index (χ1v) is 6.57. The molecule has 4 nitrogen and oxygen atoms in total. The van der Waals surface area contributed by atoms with E-state index in [2.05, 4.69) is 34.3 Å². The number of nitrogens with zero attached hydrogens (tertiary/aromatic N) is 2. The van der Waals surface area contributed by atoms with E-state index in [1.807, 2.05) is 32.0 Å². The van der Waals surface area contributed by atoms with E-state index in [0.717, 1.165) is 24.5 Å². The summed E-state index contributed by atoms with van der Waals surface area (Å²) in [6.45, 7) is 6.84. The van der Waals surface area contributed by atoms with Gasteiger partial charge in [0.05, 0.1) is 0 Å². The highest BCUT2D eigenvalue weighted by Gasteiger charge is 2.03. The SMILES string of the molecule is CCNc1cc(Oc2ccc(CC)cc2)nc(C)n1. The quantitative estimate of drug-likeness (QED) is 0.889. The molecule has 0 saturated carbocycles. The van der Waals surface area contributed by atoms with Gasteiger partial charge in [-0.3, -0.25) is 0 Å². The van der Waals surface area contributed by atoms with Gasteiger partial charge in [0.1, 0.15) is 17.4 Å². The molecule has 0 fully saturated rings. The second kappa shape index (κ2) is 6.18. The van der Waals surface area contributed by atoms with E-state index in [0.29, 0.717) is 11.7 Å². The highest BCUT2D eigenvalue weighted by molar-refractivity contribution is 5.40. The summed E-state index contributed by atoms with van der Waals surface area (Å²) >= 11 is 0. The Hall–Kier alpha value is -2.10. The van der Waals surface area contributed by atoms with Gasteiger partial charge in [-0.05, 0) is 38.0 Å². The van der Waals surface area contributed by atoms with E-state index in [-0.39, 0.29) is 0 Å². The van der Waals surface area contributed by atoms with Gasteiger partial charge in [0, 0.05) is 12.6 Å². The second-order valence-electron chi connectivity index (χ2n) is 4.27. The summed E-state index contributed by atoms with van der Waals surface area (Å²) in [5.41, 5.74) is 1.29. The minimum absolute atomic E-state index is 0.563. The number of anilines is 1. The van der Waals surface area contributed by atoms with Crippen molar-refractivity contribution in [2.24, 2.45) is 0 Å². The molecule has 0 aliphatic rings. The number of hydrogen-bond donors (Lipinski definition) is 1. The van der Waals surface area contributed by atoms with Crippen molar-refractivity contribution in [3.05, 3.63) is 41.7 Å². The van der Waals surface area contributed by atoms with Gasteiger partial charge in [0.15, 0.2) is 0 Å². The lowest BCUT2D eigenvalue weighted by Gasteiger charge is -2.08. The highest BCUT2D eigenvalue weighted by Crippen LogP contribution is 2.22. The minimum Gasteiger partial charge on any atom is -0.439 e. The molecule has 0 unspecified atom stereocenters. The van der Waals surface area contributed by atoms with Crippen molar-refractivity contribution in [3.63, 3.8) is 0 Å². The smallest absolute Gasteiger partial charge is 0.224 e. The minimum atomic E-state index is 0.563. The molecule has 4 heteroatoms. The molecule has 0 spiro atoms. The Kier molecular flexibility index (Phi) is 4.34. The fourth-order valence-electron chi connectivity index (χ4n) is 1.78. The zero-order valence-corrected chi connectivity index (χ0v) is 11.6. The predicted molar refractivity (Wildman–Crippen MR) is 76.8 cm³/mol. The Labute approximate surface area is 113 Å². The number of hydrogen-bond acceptors (Lipinski definition) is 4. The molecule has 0 amide bonds. The summed E-state index contributed by atoms with van der Waals surface area (Å²) < 4.78 is 5.75. The van der Waals surface area contributed by atoms with E-state index in [1.165, 1.54) is 5.56 Å². The van der Waals surface area contributed by atoms with Crippen molar-refractivity contribution in [2.45, 2.75) is 27.2 Å². The third-order valence-corrected chi connectivity index (χ3v) is 2.73. The van der Waals surface area contributed by atoms with Crippen LogP contribution in [0.25, 0.3) is 0 Å². The van der Waals surface area contributed by atoms with Crippen LogP contribution in [0.5, 0.6) is 11.6 Å². The Morgan fingerprint density at radius 3 is 2.47 bits per heavy atom. The van der Waals surface area contributed by atoms with Crippen molar-refractivity contribution in [1.29, 1.82) is 0 Å². The standard InChI is InChI=1S/C15H19N3O/c1-4-12-6-8-13(9-7-12)19-15-10-14(16-5-2)17-11(3)18-15/h6-10H,4-5H2,1-3H3,(H,16,17,18). The Bertz CT molecular complexity index is 538. The molecule has 0 bridgehead atoms. The summed E-state index contributed by atoms with van der Waals surface area (Å²) in [5, 5.41) is 3.16. The first-order chi connectivity index (χ1) is 9.21. The normalized spacial score (nSPS) is 10.3. The lowest BCUT2D eigenvalue weighted by Crippen LogP contribution is -2.02. The number of nitrogens with one attached hydrogen (secondary N) is 1. The lowest BCUT2D eigenvalue weighted by atomic mass is 10.2. The lowest BCUT2D eigenvalue weighted by molar-refractivity contribution is 0.460. The number of benzene rings is 1. The molecule has 1 aromatic carbocycles. The van der Waals surface area contributed by atoms with Crippen molar-refractivity contribution in [2.75, 3.05) is 11.9 Å². The van der Waals surface area contributed by atoms with Crippen LogP contribution in [-0.2, 0) is 6.42 Å². The summed E-state index contributed by atoms with van der Waals surface area (Å²) in [5.74, 6) is 2.83. The molecule has 1 aromatic heterocycles. The molecular weight excluding hydrogens is 238 g/mol. The van der Waals surface area contributed by atoms with Crippen LogP contribution in [0.4, 0.5) is 5.82 Å². The average molecular weight is 257 g/mol. The zero-order valence-electron chi connectivity index (χ0n) is 11.6. The monoisotopic (exact) mass is 257 g/mol. The fraction of sp³-hybridized carbons (Fsp3) is 0.333. The summed E-state index contributed by atoms with van der Waals surface area (Å²) in [6, 6.07) is 9.86. The Morgan fingerprint density at radius 1 is 1.11 bits per heavy atom. The maximum Gasteiger partial charge on any atom is 0.224 e. The number of rotatable bonds is 5. The van der Waals surface area contributed by atoms with Crippen molar-refractivity contribution < 1.29 is 4.74 Å². The third-order valence-electron chi connectivity index (χ3n) is 2.73. The van der Waals surface area contributed by atoms with E-state index in [4.69, 9.17) is 4.74 Å². The largest absolute Gasteiger partial charge is 0.439 e. The maximum atomic E-state index is 5.75. The van der Waals surface area contributed by atoms with E-state index < -0.39 is 0 Å². The molecule has 0 aliphatic heterocycles. The molecule has 0 aliphatic carbocycles. The van der Waals surface area contributed by atoms with Crippen LogP contribution >= 0.6 is 0 Å². The Morgan fingerprint density at radius 2 is 1.84 bits per heavy atom.